The van der Waals surface area contributed by atoms with Gasteiger partial charge in [-0.25, -0.2) is 9.78 Å². The number of nitrogens with one attached hydrogen (secondary N) is 2. The fourth-order valence-electron chi connectivity index (χ4n) is 0.803. The van der Waals surface area contributed by atoms with Crippen molar-refractivity contribution in [3.05, 3.63) is 11.6 Å². The number of nitrogens with zero attached hydrogens (tertiary/aromatic N) is 1. The minimum atomic E-state index is -0.986. The zero-order valence-electron chi connectivity index (χ0n) is 8.98. The monoisotopic (exact) mass is 243 g/mol. The highest BCUT2D eigenvalue weighted by molar-refractivity contribution is 7.13. The molecule has 0 saturated carbocycles. The zero-order valence-corrected chi connectivity index (χ0v) is 9.80. The van der Waals surface area contributed by atoms with E-state index in [9.17, 15) is 9.59 Å². The van der Waals surface area contributed by atoms with Crippen LogP contribution in [0.25, 0.3) is 0 Å². The van der Waals surface area contributed by atoms with Crippen molar-refractivity contribution in [2.75, 3.05) is 11.9 Å². The number of carbonyl (C=O) groups excluding carboxylic acids is 1. The van der Waals surface area contributed by atoms with Gasteiger partial charge in [-0.3, -0.25) is 10.1 Å². The van der Waals surface area contributed by atoms with E-state index in [0.29, 0.717) is 5.13 Å². The molecule has 0 atom stereocenters. The van der Waals surface area contributed by atoms with Gasteiger partial charge in [-0.1, -0.05) is 0 Å². The highest BCUT2D eigenvalue weighted by atomic mass is 32.1. The number of aliphatic carboxylic acids is 1. The molecular formula is C9H13N3O3S. The molecule has 0 bridgehead atoms. The maximum Gasteiger partial charge on any atom is 0.321 e. The smallest absolute Gasteiger partial charge is 0.321 e. The molecule has 1 heterocycles. The Morgan fingerprint density at radius 1 is 1.56 bits per heavy atom. The molecule has 0 radical (unpaired) electrons. The predicted molar refractivity (Wildman–Crippen MR) is 60.6 cm³/mol. The number of hydrogen-bond acceptors (Lipinski definition) is 4. The molecule has 1 rings (SSSR count). The third-order valence-corrected chi connectivity index (χ3v) is 2.61. The van der Waals surface area contributed by atoms with E-state index in [4.69, 9.17) is 5.11 Å². The van der Waals surface area contributed by atoms with Gasteiger partial charge in [0.2, 0.25) is 0 Å². The summed E-state index contributed by atoms with van der Waals surface area (Å²) in [5, 5.41) is 16.0. The second-order valence-electron chi connectivity index (χ2n) is 3.83. The Labute approximate surface area is 96.7 Å². The normalized spacial score (nSPS) is 10.9. The first-order valence-corrected chi connectivity index (χ1v) is 5.47. The van der Waals surface area contributed by atoms with E-state index >= 15 is 0 Å². The van der Waals surface area contributed by atoms with Crippen molar-refractivity contribution >= 4 is 28.5 Å². The van der Waals surface area contributed by atoms with E-state index < -0.39 is 17.4 Å². The number of rotatable bonds is 4. The van der Waals surface area contributed by atoms with E-state index in [0.717, 1.165) is 0 Å². The molecule has 0 aliphatic heterocycles. The Morgan fingerprint density at radius 3 is 2.75 bits per heavy atom. The van der Waals surface area contributed by atoms with E-state index in [2.05, 4.69) is 15.6 Å². The van der Waals surface area contributed by atoms with Crippen LogP contribution in [-0.2, 0) is 4.79 Å². The summed E-state index contributed by atoms with van der Waals surface area (Å²) in [4.78, 5) is 26.0. The summed E-state index contributed by atoms with van der Waals surface area (Å²) in [6.45, 7) is 3.14. The van der Waals surface area contributed by atoms with Crippen molar-refractivity contribution in [1.82, 2.24) is 10.3 Å². The van der Waals surface area contributed by atoms with E-state index in [-0.39, 0.29) is 6.54 Å². The van der Waals surface area contributed by atoms with E-state index in [1.54, 1.807) is 25.4 Å². The molecule has 7 heteroatoms. The average Bonchev–Trinajstić information content (AvgIpc) is 2.67. The second kappa shape index (κ2) is 4.93. The number of anilines is 1. The lowest BCUT2D eigenvalue weighted by atomic mass is 9.94. The first-order valence-electron chi connectivity index (χ1n) is 4.59. The van der Waals surface area contributed by atoms with Crippen LogP contribution in [0, 0.1) is 5.41 Å². The number of thiazole rings is 1. The van der Waals surface area contributed by atoms with Gasteiger partial charge >= 0.3 is 12.0 Å². The number of hydrogen-bond donors (Lipinski definition) is 3. The van der Waals surface area contributed by atoms with Crippen molar-refractivity contribution in [1.29, 1.82) is 0 Å². The Balaban J connectivity index is 2.39. The van der Waals surface area contributed by atoms with Gasteiger partial charge in [0.1, 0.15) is 0 Å². The van der Waals surface area contributed by atoms with Gasteiger partial charge < -0.3 is 10.4 Å². The molecule has 16 heavy (non-hydrogen) atoms. The van der Waals surface area contributed by atoms with Crippen LogP contribution in [0.3, 0.4) is 0 Å². The molecule has 3 N–H and O–H groups in total. The van der Waals surface area contributed by atoms with Gasteiger partial charge in [0.15, 0.2) is 5.13 Å². The Hall–Kier alpha value is -1.63. The van der Waals surface area contributed by atoms with Crippen molar-refractivity contribution in [2.24, 2.45) is 5.41 Å². The SMILES string of the molecule is CC(C)(CNC(=O)Nc1nccs1)C(=O)O. The number of aromatic nitrogens is 1. The predicted octanol–water partition coefficient (Wildman–Crippen LogP) is 1.38. The van der Waals surface area contributed by atoms with Gasteiger partial charge in [-0.2, -0.15) is 0 Å². The lowest BCUT2D eigenvalue weighted by Crippen LogP contribution is -2.40. The maximum atomic E-state index is 11.3. The molecule has 0 spiro atoms. The summed E-state index contributed by atoms with van der Waals surface area (Å²) in [6.07, 6.45) is 1.57. The molecule has 0 aromatic carbocycles. The Kier molecular flexibility index (Phi) is 3.83. The van der Waals surface area contributed by atoms with Gasteiger partial charge in [0, 0.05) is 18.1 Å². The van der Waals surface area contributed by atoms with Crippen molar-refractivity contribution in [3.63, 3.8) is 0 Å². The molecule has 0 saturated heterocycles. The maximum absolute atomic E-state index is 11.3. The summed E-state index contributed by atoms with van der Waals surface area (Å²) < 4.78 is 0. The van der Waals surface area contributed by atoms with Crippen LogP contribution in [0.1, 0.15) is 13.8 Å². The summed E-state index contributed by atoms with van der Waals surface area (Å²) in [6, 6.07) is -0.454. The minimum absolute atomic E-state index is 0.0551. The van der Waals surface area contributed by atoms with Gasteiger partial charge in [0.05, 0.1) is 5.41 Å². The lowest BCUT2D eigenvalue weighted by molar-refractivity contribution is -0.146. The number of carboxylic acid groups (broad SMARTS) is 1. The number of carboxylic acids is 1. The largest absolute Gasteiger partial charge is 0.481 e. The van der Waals surface area contributed by atoms with Crippen LogP contribution in [0.2, 0.25) is 0 Å². The van der Waals surface area contributed by atoms with E-state index in [1.807, 2.05) is 0 Å². The molecule has 1 aromatic heterocycles. The Morgan fingerprint density at radius 2 is 2.25 bits per heavy atom. The third-order valence-electron chi connectivity index (χ3n) is 1.92. The minimum Gasteiger partial charge on any atom is -0.481 e. The van der Waals surface area contributed by atoms with Crippen LogP contribution in [0.15, 0.2) is 11.6 Å². The summed E-state index contributed by atoms with van der Waals surface area (Å²) >= 11 is 1.29. The molecular weight excluding hydrogens is 230 g/mol. The molecule has 0 aliphatic carbocycles. The van der Waals surface area contributed by atoms with E-state index in [1.165, 1.54) is 11.3 Å². The zero-order chi connectivity index (χ0) is 12.2. The summed E-state index contributed by atoms with van der Waals surface area (Å²) in [7, 11) is 0. The standard InChI is InChI=1S/C9H13N3O3S/c1-9(2,6(13)14)5-11-7(15)12-8-10-3-4-16-8/h3-4H,5H2,1-2H3,(H,13,14)(H2,10,11,12,15). The number of urea groups is 1. The number of carbonyl (C=O) groups is 2. The lowest BCUT2D eigenvalue weighted by Gasteiger charge is -2.19. The van der Waals surface area contributed by atoms with Crippen LogP contribution in [0.5, 0.6) is 0 Å². The topological polar surface area (TPSA) is 91.3 Å². The fraction of sp³-hybridized carbons (Fsp3) is 0.444. The van der Waals surface area contributed by atoms with Crippen LogP contribution >= 0.6 is 11.3 Å². The highest BCUT2D eigenvalue weighted by Gasteiger charge is 2.27. The molecule has 0 unspecified atom stereocenters. The second-order valence-corrected chi connectivity index (χ2v) is 4.73. The van der Waals surface area contributed by atoms with Crippen molar-refractivity contribution < 1.29 is 14.7 Å². The van der Waals surface area contributed by atoms with Gasteiger partial charge in [0.25, 0.3) is 0 Å². The van der Waals surface area contributed by atoms with Crippen LogP contribution in [-0.4, -0.2) is 28.6 Å². The van der Waals surface area contributed by atoms with Crippen LogP contribution in [0.4, 0.5) is 9.93 Å². The quantitative estimate of drug-likeness (QED) is 0.745. The Bertz CT molecular complexity index is 375. The first-order chi connectivity index (χ1) is 7.42. The van der Waals surface area contributed by atoms with Crippen LogP contribution < -0.4 is 10.6 Å². The molecule has 0 fully saturated rings. The summed E-state index contributed by atoms with van der Waals surface area (Å²) in [5.74, 6) is -0.956. The third kappa shape index (κ3) is 3.50. The van der Waals surface area contributed by atoms with Crippen molar-refractivity contribution in [2.45, 2.75) is 13.8 Å². The average molecular weight is 243 g/mol. The van der Waals surface area contributed by atoms with Crippen molar-refractivity contribution in [3.8, 4) is 0 Å². The fourth-order valence-corrected chi connectivity index (χ4v) is 1.33. The number of amides is 2. The van der Waals surface area contributed by atoms with Gasteiger partial charge in [-0.15, -0.1) is 11.3 Å². The molecule has 88 valence electrons. The molecule has 6 nitrogen and oxygen atoms in total. The molecule has 1 aromatic rings. The van der Waals surface area contributed by atoms with Gasteiger partial charge in [-0.05, 0) is 13.8 Å². The highest BCUT2D eigenvalue weighted by Crippen LogP contribution is 2.13. The summed E-state index contributed by atoms with van der Waals surface area (Å²) in [5.41, 5.74) is -0.986. The molecule has 0 aliphatic rings. The first kappa shape index (κ1) is 12.4. The molecule has 2 amide bonds.